The molecule has 1 amide bonds. The molecule has 1 fully saturated rings. The van der Waals surface area contributed by atoms with E-state index in [1.165, 1.54) is 0 Å². The zero-order chi connectivity index (χ0) is 9.84. The Balaban J connectivity index is 2.42. The number of nitrogens with one attached hydrogen (secondary N) is 1. The average Bonchev–Trinajstić information content (AvgIpc) is 2.08. The van der Waals surface area contributed by atoms with Gasteiger partial charge in [0.25, 0.3) is 0 Å². The summed E-state index contributed by atoms with van der Waals surface area (Å²) in [6.45, 7) is 0.692. The van der Waals surface area contributed by atoms with Crippen LogP contribution in [-0.2, 0) is 9.59 Å². The van der Waals surface area contributed by atoms with Gasteiger partial charge in [-0.2, -0.15) is 0 Å². The van der Waals surface area contributed by atoms with E-state index < -0.39 is 12.0 Å². The van der Waals surface area contributed by atoms with Crippen molar-refractivity contribution in [2.24, 2.45) is 11.7 Å². The smallest absolute Gasteiger partial charge is 0.320 e. The fourth-order valence-electron chi connectivity index (χ4n) is 1.47. The third-order valence-electron chi connectivity index (χ3n) is 2.26. The van der Waals surface area contributed by atoms with Crippen LogP contribution in [0.25, 0.3) is 0 Å². The van der Waals surface area contributed by atoms with Crippen molar-refractivity contribution in [3.8, 4) is 0 Å². The van der Waals surface area contributed by atoms with Crippen LogP contribution in [0.4, 0.5) is 0 Å². The minimum Gasteiger partial charge on any atom is -0.480 e. The summed E-state index contributed by atoms with van der Waals surface area (Å²) >= 11 is 0. The molecule has 4 N–H and O–H groups in total. The SMILES string of the molecule is N[C@@H](C[C@@H]1CCCNC1=O)C(=O)O. The van der Waals surface area contributed by atoms with Crippen molar-refractivity contribution < 1.29 is 14.7 Å². The molecule has 0 saturated carbocycles. The van der Waals surface area contributed by atoms with Gasteiger partial charge in [-0.05, 0) is 19.3 Å². The topological polar surface area (TPSA) is 92.4 Å². The molecule has 0 bridgehead atoms. The molecule has 5 heteroatoms. The van der Waals surface area contributed by atoms with E-state index in [1.54, 1.807) is 0 Å². The highest BCUT2D eigenvalue weighted by molar-refractivity contribution is 5.81. The summed E-state index contributed by atoms with van der Waals surface area (Å²) in [6, 6.07) is -0.922. The van der Waals surface area contributed by atoms with E-state index in [0.29, 0.717) is 6.54 Å². The second kappa shape index (κ2) is 4.23. The molecule has 0 aromatic heterocycles. The zero-order valence-corrected chi connectivity index (χ0v) is 7.32. The summed E-state index contributed by atoms with van der Waals surface area (Å²) in [4.78, 5) is 21.6. The van der Waals surface area contributed by atoms with Crippen molar-refractivity contribution in [1.29, 1.82) is 0 Å². The molecule has 0 aromatic carbocycles. The van der Waals surface area contributed by atoms with E-state index in [9.17, 15) is 9.59 Å². The van der Waals surface area contributed by atoms with Crippen LogP contribution in [0.2, 0.25) is 0 Å². The molecule has 13 heavy (non-hydrogen) atoms. The van der Waals surface area contributed by atoms with E-state index >= 15 is 0 Å². The lowest BCUT2D eigenvalue weighted by atomic mass is 9.92. The number of carbonyl (C=O) groups excluding carboxylic acids is 1. The van der Waals surface area contributed by atoms with Crippen LogP contribution in [0.15, 0.2) is 0 Å². The van der Waals surface area contributed by atoms with Gasteiger partial charge in [-0.1, -0.05) is 0 Å². The van der Waals surface area contributed by atoms with Crippen LogP contribution in [-0.4, -0.2) is 29.6 Å². The minimum absolute atomic E-state index is 0.0667. The monoisotopic (exact) mass is 186 g/mol. The second-order valence-electron chi connectivity index (χ2n) is 3.31. The maximum atomic E-state index is 11.2. The van der Waals surface area contributed by atoms with Gasteiger partial charge in [0.15, 0.2) is 0 Å². The number of nitrogens with two attached hydrogens (primary N) is 1. The lowest BCUT2D eigenvalue weighted by molar-refractivity contribution is -0.139. The number of piperidine rings is 1. The predicted molar refractivity (Wildman–Crippen MR) is 46.0 cm³/mol. The summed E-state index contributed by atoms with van der Waals surface area (Å²) in [5, 5.41) is 11.2. The highest BCUT2D eigenvalue weighted by Crippen LogP contribution is 2.16. The van der Waals surface area contributed by atoms with Gasteiger partial charge in [0, 0.05) is 12.5 Å². The number of rotatable bonds is 3. The fourth-order valence-corrected chi connectivity index (χ4v) is 1.47. The largest absolute Gasteiger partial charge is 0.480 e. The Labute approximate surface area is 76.3 Å². The first-order valence-corrected chi connectivity index (χ1v) is 4.37. The number of aliphatic carboxylic acids is 1. The van der Waals surface area contributed by atoms with Crippen molar-refractivity contribution >= 4 is 11.9 Å². The van der Waals surface area contributed by atoms with Crippen molar-refractivity contribution in [3.63, 3.8) is 0 Å². The molecule has 2 atom stereocenters. The van der Waals surface area contributed by atoms with E-state index in [1.807, 2.05) is 0 Å². The Kier molecular flexibility index (Phi) is 3.25. The summed E-state index contributed by atoms with van der Waals surface area (Å²) in [7, 11) is 0. The fraction of sp³-hybridized carbons (Fsp3) is 0.750. The van der Waals surface area contributed by atoms with Crippen molar-refractivity contribution in [2.75, 3.05) is 6.54 Å². The molecular weight excluding hydrogens is 172 g/mol. The van der Waals surface area contributed by atoms with E-state index in [0.717, 1.165) is 12.8 Å². The van der Waals surface area contributed by atoms with Gasteiger partial charge in [-0.25, -0.2) is 0 Å². The number of hydrogen-bond acceptors (Lipinski definition) is 3. The Morgan fingerprint density at radius 1 is 1.77 bits per heavy atom. The number of amides is 1. The van der Waals surface area contributed by atoms with Gasteiger partial charge in [0.05, 0.1) is 0 Å². The van der Waals surface area contributed by atoms with Crippen molar-refractivity contribution in [3.05, 3.63) is 0 Å². The zero-order valence-electron chi connectivity index (χ0n) is 7.32. The molecular formula is C8H14N2O3. The highest BCUT2D eigenvalue weighted by Gasteiger charge is 2.26. The molecule has 1 aliphatic rings. The lowest BCUT2D eigenvalue weighted by Crippen LogP contribution is -2.41. The van der Waals surface area contributed by atoms with Crippen LogP contribution in [0.5, 0.6) is 0 Å². The average molecular weight is 186 g/mol. The molecule has 1 heterocycles. The van der Waals surface area contributed by atoms with Crippen molar-refractivity contribution in [1.82, 2.24) is 5.32 Å². The van der Waals surface area contributed by atoms with Crippen molar-refractivity contribution in [2.45, 2.75) is 25.3 Å². The maximum Gasteiger partial charge on any atom is 0.320 e. The van der Waals surface area contributed by atoms with Crippen LogP contribution in [0.1, 0.15) is 19.3 Å². The maximum absolute atomic E-state index is 11.2. The van der Waals surface area contributed by atoms with Crippen LogP contribution in [0.3, 0.4) is 0 Å². The Bertz CT molecular complexity index is 217. The quantitative estimate of drug-likeness (QED) is 0.544. The van der Waals surface area contributed by atoms with Crippen LogP contribution < -0.4 is 11.1 Å². The summed E-state index contributed by atoms with van der Waals surface area (Å²) in [5.41, 5.74) is 5.33. The van der Waals surface area contributed by atoms with Crippen LogP contribution >= 0.6 is 0 Å². The van der Waals surface area contributed by atoms with Gasteiger partial charge in [-0.3, -0.25) is 9.59 Å². The molecule has 0 aliphatic carbocycles. The lowest BCUT2D eigenvalue weighted by Gasteiger charge is -2.22. The molecule has 1 aliphatic heterocycles. The Morgan fingerprint density at radius 2 is 2.46 bits per heavy atom. The molecule has 1 rings (SSSR count). The Hall–Kier alpha value is -1.10. The number of hydrogen-bond donors (Lipinski definition) is 3. The number of carbonyl (C=O) groups is 2. The Morgan fingerprint density at radius 3 is 3.00 bits per heavy atom. The van der Waals surface area contributed by atoms with E-state index in [-0.39, 0.29) is 18.2 Å². The summed E-state index contributed by atoms with van der Waals surface area (Å²) in [5.74, 6) is -1.33. The molecule has 0 spiro atoms. The number of carboxylic acid groups (broad SMARTS) is 1. The normalized spacial score (nSPS) is 25.0. The first kappa shape index (κ1) is 9.98. The predicted octanol–water partition coefficient (Wildman–Crippen LogP) is -0.685. The minimum atomic E-state index is -1.04. The first-order chi connectivity index (χ1) is 6.11. The molecule has 0 radical (unpaired) electrons. The summed E-state index contributed by atoms with van der Waals surface area (Å²) in [6.07, 6.45) is 1.89. The van der Waals surface area contributed by atoms with Gasteiger partial charge >= 0.3 is 5.97 Å². The van der Waals surface area contributed by atoms with Gasteiger partial charge in [0.1, 0.15) is 6.04 Å². The molecule has 0 unspecified atom stereocenters. The molecule has 1 saturated heterocycles. The van der Waals surface area contributed by atoms with E-state index in [2.05, 4.69) is 5.32 Å². The van der Waals surface area contributed by atoms with Gasteiger partial charge < -0.3 is 16.2 Å². The third kappa shape index (κ3) is 2.69. The summed E-state index contributed by atoms with van der Waals surface area (Å²) < 4.78 is 0. The second-order valence-corrected chi connectivity index (χ2v) is 3.31. The van der Waals surface area contributed by atoms with Gasteiger partial charge in [-0.15, -0.1) is 0 Å². The van der Waals surface area contributed by atoms with Gasteiger partial charge in [0.2, 0.25) is 5.91 Å². The molecule has 74 valence electrons. The molecule has 5 nitrogen and oxygen atoms in total. The highest BCUT2D eigenvalue weighted by atomic mass is 16.4. The van der Waals surface area contributed by atoms with E-state index in [4.69, 9.17) is 10.8 Å². The third-order valence-corrected chi connectivity index (χ3v) is 2.26. The standard InChI is InChI=1S/C8H14N2O3/c9-6(8(12)13)4-5-2-1-3-10-7(5)11/h5-6H,1-4,9H2,(H,10,11)(H,12,13)/t5-,6-/m0/s1. The first-order valence-electron chi connectivity index (χ1n) is 4.37. The molecule has 0 aromatic rings. The van der Waals surface area contributed by atoms with Crippen LogP contribution in [0, 0.1) is 5.92 Å². The number of carboxylic acids is 1.